The molecule has 2 N–H and O–H groups in total. The fourth-order valence-corrected chi connectivity index (χ4v) is 2.38. The van der Waals surface area contributed by atoms with E-state index in [9.17, 15) is 4.39 Å². The van der Waals surface area contributed by atoms with Gasteiger partial charge in [0.15, 0.2) is 0 Å². The Morgan fingerprint density at radius 3 is 2.60 bits per heavy atom. The summed E-state index contributed by atoms with van der Waals surface area (Å²) in [6, 6.07) is 16.2. The second-order valence-corrected chi connectivity index (χ2v) is 5.12. The van der Waals surface area contributed by atoms with Crippen LogP contribution in [0.2, 0.25) is 0 Å². The van der Waals surface area contributed by atoms with Crippen LogP contribution in [0.3, 0.4) is 0 Å². The SMILES string of the molecule is CC(N)(c1cccc(F)c1)c1ccc2ncccc2c1. The van der Waals surface area contributed by atoms with Gasteiger partial charge in [-0.25, -0.2) is 4.39 Å². The van der Waals surface area contributed by atoms with Crippen molar-refractivity contribution in [3.63, 3.8) is 0 Å². The molecule has 0 aliphatic carbocycles. The molecular weight excluding hydrogens is 251 g/mol. The molecule has 0 radical (unpaired) electrons. The lowest BCUT2D eigenvalue weighted by Crippen LogP contribution is -2.34. The van der Waals surface area contributed by atoms with Crippen LogP contribution in [0.1, 0.15) is 18.1 Å². The molecule has 1 aromatic heterocycles. The molecule has 1 unspecified atom stereocenters. The topological polar surface area (TPSA) is 38.9 Å². The first-order chi connectivity index (χ1) is 9.57. The Kier molecular flexibility index (Phi) is 2.99. The van der Waals surface area contributed by atoms with Gasteiger partial charge in [-0.2, -0.15) is 0 Å². The van der Waals surface area contributed by atoms with Crippen LogP contribution in [0.25, 0.3) is 10.9 Å². The molecule has 2 nitrogen and oxygen atoms in total. The summed E-state index contributed by atoms with van der Waals surface area (Å²) in [4.78, 5) is 4.29. The van der Waals surface area contributed by atoms with E-state index in [-0.39, 0.29) is 5.82 Å². The molecule has 0 saturated heterocycles. The van der Waals surface area contributed by atoms with Gasteiger partial charge in [0.25, 0.3) is 0 Å². The minimum atomic E-state index is -0.744. The highest BCUT2D eigenvalue weighted by atomic mass is 19.1. The van der Waals surface area contributed by atoms with Crippen LogP contribution < -0.4 is 5.73 Å². The van der Waals surface area contributed by atoms with E-state index in [4.69, 9.17) is 5.73 Å². The first kappa shape index (κ1) is 12.8. The van der Waals surface area contributed by atoms with Crippen LogP contribution in [0.4, 0.5) is 4.39 Å². The van der Waals surface area contributed by atoms with Gasteiger partial charge in [-0.1, -0.05) is 24.3 Å². The number of nitrogens with zero attached hydrogens (tertiary/aromatic N) is 1. The number of halogens is 1. The van der Waals surface area contributed by atoms with Crippen molar-refractivity contribution in [2.24, 2.45) is 5.73 Å². The van der Waals surface area contributed by atoms with Gasteiger partial charge in [-0.15, -0.1) is 0 Å². The lowest BCUT2D eigenvalue weighted by molar-refractivity contribution is 0.582. The highest BCUT2D eigenvalue weighted by Gasteiger charge is 2.24. The van der Waals surface area contributed by atoms with Crippen molar-refractivity contribution >= 4 is 10.9 Å². The van der Waals surface area contributed by atoms with Gasteiger partial charge in [0.1, 0.15) is 5.82 Å². The Morgan fingerprint density at radius 2 is 1.80 bits per heavy atom. The Bertz CT molecular complexity index is 766. The summed E-state index contributed by atoms with van der Waals surface area (Å²) in [5, 5.41) is 1.03. The summed E-state index contributed by atoms with van der Waals surface area (Å²) in [5.41, 5.74) is 8.30. The molecule has 3 aromatic rings. The van der Waals surface area contributed by atoms with Crippen molar-refractivity contribution in [1.82, 2.24) is 4.98 Å². The average molecular weight is 266 g/mol. The number of pyridine rings is 1. The van der Waals surface area contributed by atoms with Crippen molar-refractivity contribution in [3.05, 3.63) is 77.7 Å². The first-order valence-corrected chi connectivity index (χ1v) is 6.47. The summed E-state index contributed by atoms with van der Waals surface area (Å²) in [7, 11) is 0. The van der Waals surface area contributed by atoms with E-state index in [1.165, 1.54) is 12.1 Å². The number of benzene rings is 2. The highest BCUT2D eigenvalue weighted by Crippen LogP contribution is 2.28. The maximum atomic E-state index is 13.4. The van der Waals surface area contributed by atoms with Gasteiger partial charge < -0.3 is 5.73 Å². The third kappa shape index (κ3) is 2.17. The van der Waals surface area contributed by atoms with Gasteiger partial charge in [-0.3, -0.25) is 4.98 Å². The van der Waals surface area contributed by atoms with Crippen LogP contribution in [0.5, 0.6) is 0 Å². The summed E-state index contributed by atoms with van der Waals surface area (Å²) < 4.78 is 13.4. The molecule has 0 aliphatic rings. The fraction of sp³-hybridized carbons (Fsp3) is 0.118. The fourth-order valence-electron chi connectivity index (χ4n) is 2.38. The van der Waals surface area contributed by atoms with E-state index in [1.807, 2.05) is 43.3 Å². The number of nitrogens with two attached hydrogens (primary N) is 1. The van der Waals surface area contributed by atoms with E-state index in [1.54, 1.807) is 12.3 Å². The second kappa shape index (κ2) is 4.69. The molecule has 0 amide bonds. The van der Waals surface area contributed by atoms with Crippen molar-refractivity contribution in [3.8, 4) is 0 Å². The maximum Gasteiger partial charge on any atom is 0.123 e. The van der Waals surface area contributed by atoms with Gasteiger partial charge in [0, 0.05) is 11.6 Å². The summed E-state index contributed by atoms with van der Waals surface area (Å²) in [6.07, 6.45) is 1.76. The van der Waals surface area contributed by atoms with E-state index in [0.29, 0.717) is 0 Å². The van der Waals surface area contributed by atoms with Gasteiger partial charge >= 0.3 is 0 Å². The predicted molar refractivity (Wildman–Crippen MR) is 78.8 cm³/mol. The van der Waals surface area contributed by atoms with Crippen LogP contribution in [-0.4, -0.2) is 4.98 Å². The van der Waals surface area contributed by atoms with Crippen LogP contribution in [-0.2, 0) is 5.54 Å². The van der Waals surface area contributed by atoms with Gasteiger partial charge in [0.2, 0.25) is 0 Å². The molecule has 0 aliphatic heterocycles. The summed E-state index contributed by atoms with van der Waals surface area (Å²) in [6.45, 7) is 1.89. The van der Waals surface area contributed by atoms with Crippen LogP contribution in [0.15, 0.2) is 60.8 Å². The molecule has 3 heteroatoms. The first-order valence-electron chi connectivity index (χ1n) is 6.47. The van der Waals surface area contributed by atoms with Gasteiger partial charge in [0.05, 0.1) is 11.1 Å². The molecule has 100 valence electrons. The Morgan fingerprint density at radius 1 is 1.00 bits per heavy atom. The van der Waals surface area contributed by atoms with Crippen molar-refractivity contribution in [1.29, 1.82) is 0 Å². The molecule has 0 spiro atoms. The minimum absolute atomic E-state index is 0.276. The van der Waals surface area contributed by atoms with Crippen molar-refractivity contribution < 1.29 is 4.39 Å². The Balaban J connectivity index is 2.13. The molecule has 3 rings (SSSR count). The second-order valence-electron chi connectivity index (χ2n) is 5.12. The molecule has 2 aromatic carbocycles. The van der Waals surface area contributed by atoms with Crippen LogP contribution in [0, 0.1) is 5.82 Å². The zero-order valence-electron chi connectivity index (χ0n) is 11.2. The van der Waals surface area contributed by atoms with Gasteiger partial charge in [-0.05, 0) is 48.4 Å². The molecule has 1 heterocycles. The average Bonchev–Trinajstić information content (AvgIpc) is 2.46. The summed E-state index contributed by atoms with van der Waals surface area (Å²) >= 11 is 0. The monoisotopic (exact) mass is 266 g/mol. The molecule has 0 saturated carbocycles. The number of fused-ring (bicyclic) bond motifs is 1. The molecular formula is C17H15FN2. The van der Waals surface area contributed by atoms with Crippen LogP contribution >= 0.6 is 0 Å². The van der Waals surface area contributed by atoms with E-state index in [2.05, 4.69) is 4.98 Å². The normalized spacial score (nSPS) is 14.2. The molecule has 0 bridgehead atoms. The largest absolute Gasteiger partial charge is 0.318 e. The van der Waals surface area contributed by atoms with E-state index in [0.717, 1.165) is 22.0 Å². The molecule has 20 heavy (non-hydrogen) atoms. The molecule has 0 fully saturated rings. The zero-order chi connectivity index (χ0) is 14.2. The maximum absolute atomic E-state index is 13.4. The third-order valence-corrected chi connectivity index (χ3v) is 3.63. The van der Waals surface area contributed by atoms with E-state index < -0.39 is 5.54 Å². The zero-order valence-corrected chi connectivity index (χ0v) is 11.2. The standard InChI is InChI=1S/C17H15FN2/c1-17(19,13-5-2-6-15(18)11-13)14-7-8-16-12(10-14)4-3-9-20-16/h2-11H,19H2,1H3. The van der Waals surface area contributed by atoms with Crippen molar-refractivity contribution in [2.75, 3.05) is 0 Å². The Labute approximate surface area is 117 Å². The predicted octanol–water partition coefficient (Wildman–Crippen LogP) is 3.60. The number of hydrogen-bond donors (Lipinski definition) is 1. The highest BCUT2D eigenvalue weighted by molar-refractivity contribution is 5.79. The lowest BCUT2D eigenvalue weighted by atomic mass is 9.85. The lowest BCUT2D eigenvalue weighted by Gasteiger charge is -2.26. The smallest absolute Gasteiger partial charge is 0.123 e. The third-order valence-electron chi connectivity index (χ3n) is 3.63. The summed E-state index contributed by atoms with van der Waals surface area (Å²) in [5.74, 6) is -0.276. The number of aromatic nitrogens is 1. The van der Waals surface area contributed by atoms with Crippen molar-refractivity contribution in [2.45, 2.75) is 12.5 Å². The number of rotatable bonds is 2. The Hall–Kier alpha value is -2.26. The quantitative estimate of drug-likeness (QED) is 0.769. The molecule has 1 atom stereocenters. The number of hydrogen-bond acceptors (Lipinski definition) is 2. The minimum Gasteiger partial charge on any atom is -0.318 e. The van der Waals surface area contributed by atoms with E-state index >= 15 is 0 Å².